The van der Waals surface area contributed by atoms with Gasteiger partial charge in [0.1, 0.15) is 0 Å². The molecule has 0 bridgehead atoms. The van der Waals surface area contributed by atoms with E-state index < -0.39 is 10.0 Å². The number of amides is 1. The van der Waals surface area contributed by atoms with Crippen LogP contribution in [0.15, 0.2) is 18.2 Å². The van der Waals surface area contributed by atoms with Crippen LogP contribution in [0.3, 0.4) is 0 Å². The van der Waals surface area contributed by atoms with Crippen LogP contribution >= 0.6 is 0 Å². The lowest BCUT2D eigenvalue weighted by Crippen LogP contribution is -2.29. The van der Waals surface area contributed by atoms with Gasteiger partial charge in [-0.2, -0.15) is 0 Å². The van der Waals surface area contributed by atoms with Crippen molar-refractivity contribution in [3.63, 3.8) is 0 Å². The van der Waals surface area contributed by atoms with E-state index in [1.807, 2.05) is 0 Å². The second kappa shape index (κ2) is 7.98. The van der Waals surface area contributed by atoms with Gasteiger partial charge in [-0.3, -0.25) is 9.10 Å². The van der Waals surface area contributed by atoms with Gasteiger partial charge in [-0.15, -0.1) is 0 Å². The molecule has 1 fully saturated rings. The van der Waals surface area contributed by atoms with Crippen molar-refractivity contribution in [2.24, 2.45) is 0 Å². The fraction of sp³-hybridized carbons (Fsp3) is 0.588. The number of hydrogen-bond donors (Lipinski definition) is 1. The first-order valence-corrected chi connectivity index (χ1v) is 10.2. The number of aryl methyl sites for hydroxylation is 1. The van der Waals surface area contributed by atoms with Crippen molar-refractivity contribution in [2.75, 3.05) is 43.8 Å². The minimum absolute atomic E-state index is 0.118. The molecule has 0 unspecified atom stereocenters. The second-order valence-corrected chi connectivity index (χ2v) is 8.40. The molecule has 0 aliphatic carbocycles. The Kier molecular flexibility index (Phi) is 6.23. The third-order valence-corrected chi connectivity index (χ3v) is 5.62. The van der Waals surface area contributed by atoms with Gasteiger partial charge in [0.15, 0.2) is 0 Å². The molecule has 1 N–H and O–H groups in total. The van der Waals surface area contributed by atoms with Crippen LogP contribution in [0.5, 0.6) is 0 Å². The van der Waals surface area contributed by atoms with Crippen molar-refractivity contribution in [2.45, 2.75) is 26.2 Å². The summed E-state index contributed by atoms with van der Waals surface area (Å²) in [6, 6.07) is 5.07. The molecular formula is C17H27N3O3S. The Morgan fingerprint density at radius 1 is 1.29 bits per heavy atom. The van der Waals surface area contributed by atoms with E-state index in [1.165, 1.54) is 37.3 Å². The Hall–Kier alpha value is -1.60. The van der Waals surface area contributed by atoms with Gasteiger partial charge in [0.25, 0.3) is 5.91 Å². The van der Waals surface area contributed by atoms with Crippen LogP contribution in [0.2, 0.25) is 0 Å². The minimum atomic E-state index is -3.31. The third-order valence-electron chi connectivity index (χ3n) is 4.43. The van der Waals surface area contributed by atoms with Gasteiger partial charge in [0.2, 0.25) is 10.0 Å². The van der Waals surface area contributed by atoms with Crippen LogP contribution in [0, 0.1) is 6.92 Å². The van der Waals surface area contributed by atoms with Crippen molar-refractivity contribution < 1.29 is 13.2 Å². The zero-order valence-corrected chi connectivity index (χ0v) is 15.5. The number of hydrogen-bond acceptors (Lipinski definition) is 4. The smallest absolute Gasteiger partial charge is 0.251 e. The first-order valence-electron chi connectivity index (χ1n) is 8.34. The number of carbonyl (C=O) groups is 1. The van der Waals surface area contributed by atoms with E-state index in [0.717, 1.165) is 24.8 Å². The number of anilines is 1. The minimum Gasteiger partial charge on any atom is -0.352 e. The fourth-order valence-corrected chi connectivity index (χ4v) is 3.50. The quantitative estimate of drug-likeness (QED) is 0.756. The molecule has 1 amide bonds. The van der Waals surface area contributed by atoms with Gasteiger partial charge in [-0.25, -0.2) is 8.42 Å². The summed E-state index contributed by atoms with van der Waals surface area (Å²) in [7, 11) is -1.80. The molecule has 7 heteroatoms. The van der Waals surface area contributed by atoms with Crippen LogP contribution < -0.4 is 9.62 Å². The monoisotopic (exact) mass is 353 g/mol. The summed E-state index contributed by atoms with van der Waals surface area (Å²) in [6.07, 6.45) is 4.66. The van der Waals surface area contributed by atoms with Crippen molar-refractivity contribution in [3.05, 3.63) is 29.3 Å². The molecule has 1 aromatic rings. The van der Waals surface area contributed by atoms with Gasteiger partial charge in [-0.1, -0.05) is 0 Å². The number of sulfonamides is 1. The molecule has 0 spiro atoms. The first kappa shape index (κ1) is 18.7. The molecule has 1 saturated heterocycles. The van der Waals surface area contributed by atoms with Crippen LogP contribution in [-0.4, -0.2) is 58.7 Å². The van der Waals surface area contributed by atoms with E-state index in [1.54, 1.807) is 25.1 Å². The molecule has 1 heterocycles. The molecule has 0 atom stereocenters. The van der Waals surface area contributed by atoms with Gasteiger partial charge in [0.05, 0.1) is 11.9 Å². The molecule has 1 aliphatic heterocycles. The van der Waals surface area contributed by atoms with Gasteiger partial charge in [-0.05, 0) is 69.6 Å². The summed E-state index contributed by atoms with van der Waals surface area (Å²) in [5.74, 6) is -0.118. The van der Waals surface area contributed by atoms with Gasteiger partial charge in [0, 0.05) is 19.2 Å². The Balaban J connectivity index is 1.89. The van der Waals surface area contributed by atoms with E-state index in [2.05, 4.69) is 10.2 Å². The van der Waals surface area contributed by atoms with Crippen molar-refractivity contribution >= 4 is 21.6 Å². The zero-order valence-electron chi connectivity index (χ0n) is 14.7. The summed E-state index contributed by atoms with van der Waals surface area (Å²) < 4.78 is 24.5. The molecule has 0 saturated carbocycles. The Labute approximate surface area is 144 Å². The normalized spacial score (nSPS) is 15.5. The maximum atomic E-state index is 12.2. The van der Waals surface area contributed by atoms with Crippen LogP contribution in [0.25, 0.3) is 0 Å². The standard InChI is InChI=1S/C17H27N3O3S/c1-14-13-15(7-8-16(14)19(2)24(3,22)23)17(21)18-9-6-12-20-10-4-5-11-20/h7-8,13H,4-6,9-12H2,1-3H3,(H,18,21). The Morgan fingerprint density at radius 2 is 1.96 bits per heavy atom. The lowest BCUT2D eigenvalue weighted by Gasteiger charge is -2.19. The molecule has 2 rings (SSSR count). The number of nitrogens with one attached hydrogen (secondary N) is 1. The van der Waals surface area contributed by atoms with E-state index in [9.17, 15) is 13.2 Å². The average molecular weight is 353 g/mol. The summed E-state index contributed by atoms with van der Waals surface area (Å²) >= 11 is 0. The Morgan fingerprint density at radius 3 is 2.54 bits per heavy atom. The summed E-state index contributed by atoms with van der Waals surface area (Å²) in [5, 5.41) is 2.93. The second-order valence-electron chi connectivity index (χ2n) is 6.39. The average Bonchev–Trinajstić information content (AvgIpc) is 3.03. The number of benzene rings is 1. The van der Waals surface area contributed by atoms with Crippen molar-refractivity contribution in [3.8, 4) is 0 Å². The molecule has 1 aromatic carbocycles. The summed E-state index contributed by atoms with van der Waals surface area (Å²) in [6.45, 7) is 5.82. The number of rotatable bonds is 7. The van der Waals surface area contributed by atoms with Crippen molar-refractivity contribution in [1.29, 1.82) is 0 Å². The van der Waals surface area contributed by atoms with Crippen LogP contribution in [-0.2, 0) is 10.0 Å². The SMILES string of the molecule is Cc1cc(C(=O)NCCCN2CCCC2)ccc1N(C)S(C)(=O)=O. The van der Waals surface area contributed by atoms with Crippen LogP contribution in [0.4, 0.5) is 5.69 Å². The molecule has 6 nitrogen and oxygen atoms in total. The molecule has 0 radical (unpaired) electrons. The number of likely N-dealkylation sites (tertiary alicyclic amines) is 1. The van der Waals surface area contributed by atoms with E-state index in [4.69, 9.17) is 0 Å². The summed E-state index contributed by atoms with van der Waals surface area (Å²) in [5.41, 5.74) is 1.90. The van der Waals surface area contributed by atoms with Crippen LogP contribution in [0.1, 0.15) is 35.2 Å². The highest BCUT2D eigenvalue weighted by atomic mass is 32.2. The van der Waals surface area contributed by atoms with Gasteiger partial charge < -0.3 is 10.2 Å². The lowest BCUT2D eigenvalue weighted by molar-refractivity contribution is 0.0952. The number of nitrogens with zero attached hydrogens (tertiary/aromatic N) is 2. The maximum absolute atomic E-state index is 12.2. The van der Waals surface area contributed by atoms with E-state index in [-0.39, 0.29) is 5.91 Å². The topological polar surface area (TPSA) is 69.7 Å². The van der Waals surface area contributed by atoms with E-state index >= 15 is 0 Å². The predicted octanol–water partition coefficient (Wildman–Crippen LogP) is 1.61. The highest BCUT2D eigenvalue weighted by Gasteiger charge is 2.16. The highest BCUT2D eigenvalue weighted by molar-refractivity contribution is 7.92. The molecule has 134 valence electrons. The fourth-order valence-electron chi connectivity index (χ4n) is 2.94. The summed E-state index contributed by atoms with van der Waals surface area (Å²) in [4.78, 5) is 14.6. The Bertz CT molecular complexity index is 682. The molecule has 1 aliphatic rings. The number of carbonyl (C=O) groups excluding carboxylic acids is 1. The van der Waals surface area contributed by atoms with E-state index in [0.29, 0.717) is 17.8 Å². The molecule has 24 heavy (non-hydrogen) atoms. The molecular weight excluding hydrogens is 326 g/mol. The lowest BCUT2D eigenvalue weighted by atomic mass is 10.1. The molecule has 0 aromatic heterocycles. The zero-order chi connectivity index (χ0) is 17.7. The highest BCUT2D eigenvalue weighted by Crippen LogP contribution is 2.22. The van der Waals surface area contributed by atoms with Crippen molar-refractivity contribution in [1.82, 2.24) is 10.2 Å². The van der Waals surface area contributed by atoms with Gasteiger partial charge >= 0.3 is 0 Å². The predicted molar refractivity (Wildman–Crippen MR) is 97.1 cm³/mol. The first-order chi connectivity index (χ1) is 11.3. The third kappa shape index (κ3) is 4.95. The largest absolute Gasteiger partial charge is 0.352 e. The maximum Gasteiger partial charge on any atom is 0.251 e.